The number of rotatable bonds is 6. The number of benzene rings is 1. The lowest BCUT2D eigenvalue weighted by Gasteiger charge is -2.10. The van der Waals surface area contributed by atoms with Crippen LogP contribution in [0.4, 0.5) is 5.69 Å². The average molecular weight is 390 g/mol. The molecule has 26 heavy (non-hydrogen) atoms. The van der Waals surface area contributed by atoms with E-state index in [1.165, 1.54) is 13.0 Å². The minimum atomic E-state index is -3.70. The highest BCUT2D eigenvalue weighted by molar-refractivity contribution is 7.89. The molecule has 0 spiro atoms. The van der Waals surface area contributed by atoms with Crippen LogP contribution in [0, 0.1) is 6.92 Å². The van der Waals surface area contributed by atoms with Gasteiger partial charge in [-0.2, -0.15) is 0 Å². The summed E-state index contributed by atoms with van der Waals surface area (Å²) < 4.78 is 33.3. The molecule has 6 nitrogen and oxygen atoms in total. The number of thiophene rings is 1. The number of furan rings is 1. The standard InChI is InChI=1S/C18H18N2O4S2/c1-12-10-14(20-13(2)21)5-8-18(12)26(22,23)19-11-15-6-7-16(24-15)17-4-3-9-25-17/h3-10,19H,11H2,1-2H3,(H,20,21). The Morgan fingerprint density at radius 2 is 2.00 bits per heavy atom. The highest BCUT2D eigenvalue weighted by atomic mass is 32.2. The topological polar surface area (TPSA) is 88.4 Å². The van der Waals surface area contributed by atoms with Gasteiger partial charge in [-0.25, -0.2) is 13.1 Å². The Hall–Kier alpha value is -2.42. The normalized spacial score (nSPS) is 11.5. The summed E-state index contributed by atoms with van der Waals surface area (Å²) in [6.45, 7) is 3.14. The molecule has 3 rings (SSSR count). The summed E-state index contributed by atoms with van der Waals surface area (Å²) in [5, 5.41) is 4.58. The molecule has 0 fully saturated rings. The first-order valence-electron chi connectivity index (χ1n) is 7.85. The van der Waals surface area contributed by atoms with Gasteiger partial charge in [0.2, 0.25) is 15.9 Å². The van der Waals surface area contributed by atoms with Gasteiger partial charge in [0, 0.05) is 12.6 Å². The Morgan fingerprint density at radius 1 is 1.19 bits per heavy atom. The van der Waals surface area contributed by atoms with E-state index in [0.717, 1.165) is 4.88 Å². The number of hydrogen-bond donors (Lipinski definition) is 2. The van der Waals surface area contributed by atoms with Crippen molar-refractivity contribution in [2.75, 3.05) is 5.32 Å². The SMILES string of the molecule is CC(=O)Nc1ccc(S(=O)(=O)NCc2ccc(-c3cccs3)o2)c(C)c1. The van der Waals surface area contributed by atoms with Crippen molar-refractivity contribution < 1.29 is 17.6 Å². The summed E-state index contributed by atoms with van der Waals surface area (Å²) >= 11 is 1.55. The van der Waals surface area contributed by atoms with Gasteiger partial charge >= 0.3 is 0 Å². The van der Waals surface area contributed by atoms with E-state index < -0.39 is 10.0 Å². The van der Waals surface area contributed by atoms with Crippen LogP contribution in [0.5, 0.6) is 0 Å². The Bertz CT molecular complexity index is 1020. The zero-order chi connectivity index (χ0) is 18.7. The van der Waals surface area contributed by atoms with Gasteiger partial charge in [0.25, 0.3) is 0 Å². The second-order valence-corrected chi connectivity index (χ2v) is 8.41. The van der Waals surface area contributed by atoms with Crippen molar-refractivity contribution in [2.45, 2.75) is 25.3 Å². The van der Waals surface area contributed by atoms with Crippen LogP contribution in [0.25, 0.3) is 10.6 Å². The molecule has 8 heteroatoms. The molecule has 0 saturated heterocycles. The molecule has 0 saturated carbocycles. The van der Waals surface area contributed by atoms with Crippen molar-refractivity contribution in [1.29, 1.82) is 0 Å². The zero-order valence-corrected chi connectivity index (χ0v) is 15.9. The minimum absolute atomic E-state index is 0.0561. The third kappa shape index (κ3) is 4.21. The van der Waals surface area contributed by atoms with Crippen molar-refractivity contribution in [1.82, 2.24) is 4.72 Å². The van der Waals surface area contributed by atoms with Gasteiger partial charge in [0.15, 0.2) is 0 Å². The van der Waals surface area contributed by atoms with Crippen LogP contribution in [0.15, 0.2) is 57.2 Å². The van der Waals surface area contributed by atoms with E-state index in [1.807, 2.05) is 23.6 Å². The molecule has 0 radical (unpaired) electrons. The lowest BCUT2D eigenvalue weighted by Crippen LogP contribution is -2.23. The number of sulfonamides is 1. The summed E-state index contributed by atoms with van der Waals surface area (Å²) in [6, 6.07) is 12.1. The number of aryl methyl sites for hydroxylation is 1. The first-order chi connectivity index (χ1) is 12.3. The van der Waals surface area contributed by atoms with Crippen LogP contribution >= 0.6 is 11.3 Å². The monoisotopic (exact) mass is 390 g/mol. The summed E-state index contributed by atoms with van der Waals surface area (Å²) in [6.07, 6.45) is 0. The minimum Gasteiger partial charge on any atom is -0.459 e. The van der Waals surface area contributed by atoms with Gasteiger partial charge in [0.1, 0.15) is 11.5 Å². The van der Waals surface area contributed by atoms with E-state index in [9.17, 15) is 13.2 Å². The molecule has 3 aromatic rings. The Kier molecular flexibility index (Phi) is 5.26. The second kappa shape index (κ2) is 7.45. The fraction of sp³-hybridized carbons (Fsp3) is 0.167. The Balaban J connectivity index is 1.72. The van der Waals surface area contributed by atoms with Gasteiger partial charge in [-0.1, -0.05) is 6.07 Å². The number of anilines is 1. The lowest BCUT2D eigenvalue weighted by atomic mass is 10.2. The van der Waals surface area contributed by atoms with E-state index in [2.05, 4.69) is 10.0 Å². The number of amides is 1. The van der Waals surface area contributed by atoms with E-state index in [0.29, 0.717) is 22.8 Å². The summed E-state index contributed by atoms with van der Waals surface area (Å²) in [4.78, 5) is 12.3. The van der Waals surface area contributed by atoms with Crippen LogP contribution in [0.2, 0.25) is 0 Å². The molecule has 2 N–H and O–H groups in total. The summed E-state index contributed by atoms with van der Waals surface area (Å²) in [5.74, 6) is 1.03. The van der Waals surface area contributed by atoms with E-state index in [4.69, 9.17) is 4.42 Å². The predicted molar refractivity (Wildman–Crippen MR) is 102 cm³/mol. The fourth-order valence-corrected chi connectivity index (χ4v) is 4.40. The third-order valence-electron chi connectivity index (χ3n) is 3.65. The summed E-state index contributed by atoms with van der Waals surface area (Å²) in [5.41, 5.74) is 1.10. The number of hydrogen-bond acceptors (Lipinski definition) is 5. The van der Waals surface area contributed by atoms with Crippen LogP contribution in [0.1, 0.15) is 18.2 Å². The van der Waals surface area contributed by atoms with Gasteiger partial charge < -0.3 is 9.73 Å². The van der Waals surface area contributed by atoms with Crippen molar-refractivity contribution in [3.63, 3.8) is 0 Å². The van der Waals surface area contributed by atoms with Crippen LogP contribution < -0.4 is 10.0 Å². The number of carbonyl (C=O) groups excluding carboxylic acids is 1. The van der Waals surface area contributed by atoms with Crippen molar-refractivity contribution in [2.24, 2.45) is 0 Å². The van der Waals surface area contributed by atoms with Crippen LogP contribution in [-0.2, 0) is 21.4 Å². The molecular weight excluding hydrogens is 372 g/mol. The third-order valence-corrected chi connectivity index (χ3v) is 6.09. The molecule has 0 aliphatic heterocycles. The quantitative estimate of drug-likeness (QED) is 0.671. The molecule has 0 aliphatic carbocycles. The molecule has 1 amide bonds. The molecule has 1 aromatic carbocycles. The Morgan fingerprint density at radius 3 is 2.65 bits per heavy atom. The maximum absolute atomic E-state index is 12.6. The molecule has 0 bridgehead atoms. The van der Waals surface area contributed by atoms with Crippen molar-refractivity contribution >= 4 is 33.0 Å². The highest BCUT2D eigenvalue weighted by Crippen LogP contribution is 2.27. The molecule has 136 valence electrons. The summed E-state index contributed by atoms with van der Waals surface area (Å²) in [7, 11) is -3.70. The van der Waals surface area contributed by atoms with Crippen molar-refractivity contribution in [3.8, 4) is 10.6 Å². The van der Waals surface area contributed by atoms with Crippen LogP contribution in [-0.4, -0.2) is 14.3 Å². The molecular formula is C18H18N2O4S2. The molecule has 0 unspecified atom stereocenters. The lowest BCUT2D eigenvalue weighted by molar-refractivity contribution is -0.114. The smallest absolute Gasteiger partial charge is 0.241 e. The maximum atomic E-state index is 12.6. The van der Waals surface area contributed by atoms with E-state index >= 15 is 0 Å². The maximum Gasteiger partial charge on any atom is 0.241 e. The predicted octanol–water partition coefficient (Wildman–Crippen LogP) is 3.75. The van der Waals surface area contributed by atoms with Gasteiger partial charge in [-0.3, -0.25) is 4.79 Å². The van der Waals surface area contributed by atoms with E-state index in [1.54, 1.807) is 36.5 Å². The zero-order valence-electron chi connectivity index (χ0n) is 14.3. The van der Waals surface area contributed by atoms with Gasteiger partial charge in [0.05, 0.1) is 16.3 Å². The second-order valence-electron chi connectivity index (χ2n) is 5.73. The van der Waals surface area contributed by atoms with Crippen molar-refractivity contribution in [3.05, 3.63) is 59.2 Å². The molecule has 0 aliphatic rings. The van der Waals surface area contributed by atoms with Crippen LogP contribution in [0.3, 0.4) is 0 Å². The molecule has 2 heterocycles. The molecule has 0 atom stereocenters. The highest BCUT2D eigenvalue weighted by Gasteiger charge is 2.18. The van der Waals surface area contributed by atoms with Gasteiger partial charge in [-0.15, -0.1) is 11.3 Å². The Labute approximate surface area is 155 Å². The average Bonchev–Trinajstić information content (AvgIpc) is 3.23. The molecule has 2 aromatic heterocycles. The number of nitrogens with one attached hydrogen (secondary N) is 2. The van der Waals surface area contributed by atoms with Gasteiger partial charge in [-0.05, 0) is 54.3 Å². The largest absolute Gasteiger partial charge is 0.459 e. The van der Waals surface area contributed by atoms with E-state index in [-0.39, 0.29) is 17.3 Å². The fourth-order valence-electron chi connectivity index (χ4n) is 2.50. The first kappa shape index (κ1) is 18.4. The first-order valence-corrected chi connectivity index (χ1v) is 10.2. The number of carbonyl (C=O) groups is 1.